The summed E-state index contributed by atoms with van der Waals surface area (Å²) in [5.41, 5.74) is 1.39. The second-order valence-electron chi connectivity index (χ2n) is 2.69. The first kappa shape index (κ1) is 8.68. The van der Waals surface area contributed by atoms with Crippen LogP contribution in [0, 0.1) is 3.57 Å². The molecule has 1 heterocycles. The molecule has 0 saturated carbocycles. The summed E-state index contributed by atoms with van der Waals surface area (Å²) in [7, 11) is 0. The van der Waals surface area contributed by atoms with Crippen molar-refractivity contribution in [1.29, 1.82) is 0 Å². The minimum absolute atomic E-state index is 0.147. The van der Waals surface area contributed by atoms with Crippen LogP contribution >= 0.6 is 22.6 Å². The summed E-state index contributed by atoms with van der Waals surface area (Å²) in [5.74, 6) is 0.0307. The van der Waals surface area contributed by atoms with Crippen LogP contribution < -0.4 is 0 Å². The van der Waals surface area contributed by atoms with Crippen molar-refractivity contribution in [3.05, 3.63) is 27.7 Å². The van der Waals surface area contributed by atoms with Crippen molar-refractivity contribution in [3.63, 3.8) is 0 Å². The highest BCUT2D eigenvalue weighted by Crippen LogP contribution is 2.18. The number of fused-ring (bicyclic) bond motifs is 1. The number of aromatic nitrogens is 1. The molecule has 0 saturated heterocycles. The van der Waals surface area contributed by atoms with E-state index in [1.165, 1.54) is 6.92 Å². The number of hydrogen-bond acceptors (Lipinski definition) is 3. The van der Waals surface area contributed by atoms with Crippen LogP contribution in [-0.2, 0) is 0 Å². The number of carbonyl (C=O) groups is 1. The van der Waals surface area contributed by atoms with Crippen LogP contribution in [0.15, 0.2) is 22.6 Å². The van der Waals surface area contributed by atoms with E-state index in [1.807, 2.05) is 18.2 Å². The van der Waals surface area contributed by atoms with Crippen LogP contribution in [0.25, 0.3) is 11.1 Å². The van der Waals surface area contributed by atoms with Crippen molar-refractivity contribution in [2.75, 3.05) is 0 Å². The third-order valence-electron chi connectivity index (χ3n) is 1.65. The molecule has 2 rings (SSSR count). The number of ketones is 1. The zero-order valence-electron chi connectivity index (χ0n) is 6.87. The fraction of sp³-hybridized carbons (Fsp3) is 0.111. The molecule has 0 radical (unpaired) electrons. The summed E-state index contributed by atoms with van der Waals surface area (Å²) >= 11 is 2.18. The van der Waals surface area contributed by atoms with Gasteiger partial charge in [0.05, 0.1) is 0 Å². The number of halogens is 1. The molecule has 0 N–H and O–H groups in total. The monoisotopic (exact) mass is 287 g/mol. The number of nitrogens with zero attached hydrogens (tertiary/aromatic N) is 1. The maximum absolute atomic E-state index is 10.9. The van der Waals surface area contributed by atoms with E-state index in [-0.39, 0.29) is 11.7 Å². The molecule has 1 aromatic carbocycles. The standard InChI is InChI=1S/C9H6INO2/c1-5(12)9-11-7-3-2-6(10)4-8(7)13-9/h2-4H,1H3. The Labute approximate surface area is 88.3 Å². The first-order valence-corrected chi connectivity index (χ1v) is 4.82. The van der Waals surface area contributed by atoms with Crippen LogP contribution in [0.3, 0.4) is 0 Å². The van der Waals surface area contributed by atoms with Crippen molar-refractivity contribution >= 4 is 39.5 Å². The second-order valence-corrected chi connectivity index (χ2v) is 3.93. The molecule has 0 spiro atoms. The molecule has 2 aromatic rings. The molecule has 13 heavy (non-hydrogen) atoms. The fourth-order valence-corrected chi connectivity index (χ4v) is 1.51. The molecule has 0 aliphatic heterocycles. The Morgan fingerprint density at radius 1 is 1.54 bits per heavy atom. The average molecular weight is 287 g/mol. The third kappa shape index (κ3) is 1.58. The van der Waals surface area contributed by atoms with Crippen molar-refractivity contribution in [1.82, 2.24) is 4.98 Å². The fourth-order valence-electron chi connectivity index (χ4n) is 1.05. The predicted molar refractivity (Wildman–Crippen MR) is 56.7 cm³/mol. The van der Waals surface area contributed by atoms with Crippen LogP contribution in [-0.4, -0.2) is 10.8 Å². The predicted octanol–water partition coefficient (Wildman–Crippen LogP) is 2.64. The SMILES string of the molecule is CC(=O)c1nc2ccc(I)cc2o1. The average Bonchev–Trinajstić information content (AvgIpc) is 2.46. The van der Waals surface area contributed by atoms with Crippen LogP contribution in [0.5, 0.6) is 0 Å². The molecule has 3 nitrogen and oxygen atoms in total. The lowest BCUT2D eigenvalue weighted by Crippen LogP contribution is -1.89. The lowest BCUT2D eigenvalue weighted by atomic mass is 10.3. The number of Topliss-reactive ketones (excluding diaryl/α,β-unsaturated/α-hetero) is 1. The first-order valence-electron chi connectivity index (χ1n) is 3.74. The summed E-state index contributed by atoms with van der Waals surface area (Å²) in [6, 6.07) is 5.62. The van der Waals surface area contributed by atoms with Crippen LogP contribution in [0.4, 0.5) is 0 Å². The molecule has 0 aliphatic carbocycles. The maximum Gasteiger partial charge on any atom is 0.263 e. The van der Waals surface area contributed by atoms with Gasteiger partial charge >= 0.3 is 0 Å². The minimum atomic E-state index is -0.147. The van der Waals surface area contributed by atoms with Gasteiger partial charge in [0.15, 0.2) is 5.58 Å². The molecule has 66 valence electrons. The van der Waals surface area contributed by atoms with E-state index in [9.17, 15) is 4.79 Å². The lowest BCUT2D eigenvalue weighted by Gasteiger charge is -1.86. The highest BCUT2D eigenvalue weighted by Gasteiger charge is 2.09. The third-order valence-corrected chi connectivity index (χ3v) is 2.32. The first-order chi connectivity index (χ1) is 6.16. The summed E-state index contributed by atoms with van der Waals surface area (Å²) in [4.78, 5) is 15.0. The van der Waals surface area contributed by atoms with Gasteiger partial charge in [0.2, 0.25) is 5.78 Å². The molecule has 0 fully saturated rings. The van der Waals surface area contributed by atoms with Crippen molar-refractivity contribution in [3.8, 4) is 0 Å². The molecule has 4 heteroatoms. The molecule has 0 atom stereocenters. The smallest absolute Gasteiger partial charge is 0.263 e. The molecule has 0 amide bonds. The normalized spacial score (nSPS) is 10.6. The largest absolute Gasteiger partial charge is 0.434 e. The Balaban J connectivity index is 2.68. The topological polar surface area (TPSA) is 43.1 Å². The Bertz CT molecular complexity index is 475. The number of benzene rings is 1. The quantitative estimate of drug-likeness (QED) is 0.598. The van der Waals surface area contributed by atoms with E-state index in [2.05, 4.69) is 27.6 Å². The zero-order chi connectivity index (χ0) is 9.42. The van der Waals surface area contributed by atoms with Crippen molar-refractivity contribution in [2.24, 2.45) is 0 Å². The van der Waals surface area contributed by atoms with E-state index in [0.717, 1.165) is 9.09 Å². The molecule has 0 aliphatic rings. The van der Waals surface area contributed by atoms with Crippen molar-refractivity contribution < 1.29 is 9.21 Å². The number of carbonyl (C=O) groups excluding carboxylic acids is 1. The van der Waals surface area contributed by atoms with Crippen molar-refractivity contribution in [2.45, 2.75) is 6.92 Å². The van der Waals surface area contributed by atoms with Gasteiger partial charge in [-0.15, -0.1) is 0 Å². The summed E-state index contributed by atoms with van der Waals surface area (Å²) in [6.45, 7) is 1.44. The van der Waals surface area contributed by atoms with Gasteiger partial charge in [0.25, 0.3) is 5.89 Å². The number of hydrogen-bond donors (Lipinski definition) is 0. The Kier molecular flexibility index (Phi) is 2.07. The van der Waals surface area contributed by atoms with Gasteiger partial charge in [-0.3, -0.25) is 4.79 Å². The van der Waals surface area contributed by atoms with E-state index in [1.54, 1.807) is 0 Å². The van der Waals surface area contributed by atoms with E-state index < -0.39 is 0 Å². The van der Waals surface area contributed by atoms with Gasteiger partial charge in [-0.05, 0) is 40.8 Å². The van der Waals surface area contributed by atoms with Gasteiger partial charge in [-0.1, -0.05) is 0 Å². The van der Waals surface area contributed by atoms with Gasteiger partial charge in [-0.25, -0.2) is 4.98 Å². The summed E-state index contributed by atoms with van der Waals surface area (Å²) in [6.07, 6.45) is 0. The Morgan fingerprint density at radius 3 is 3.00 bits per heavy atom. The molecular weight excluding hydrogens is 281 g/mol. The highest BCUT2D eigenvalue weighted by atomic mass is 127. The highest BCUT2D eigenvalue weighted by molar-refractivity contribution is 14.1. The molecule has 0 bridgehead atoms. The Morgan fingerprint density at radius 2 is 2.31 bits per heavy atom. The zero-order valence-corrected chi connectivity index (χ0v) is 9.03. The second kappa shape index (κ2) is 3.10. The maximum atomic E-state index is 10.9. The van der Waals surface area contributed by atoms with Crippen LogP contribution in [0.2, 0.25) is 0 Å². The van der Waals surface area contributed by atoms with Gasteiger partial charge in [0.1, 0.15) is 5.52 Å². The summed E-state index contributed by atoms with van der Waals surface area (Å²) < 4.78 is 6.31. The van der Waals surface area contributed by atoms with Gasteiger partial charge in [-0.2, -0.15) is 0 Å². The molecular formula is C9H6INO2. The number of rotatable bonds is 1. The minimum Gasteiger partial charge on any atom is -0.434 e. The lowest BCUT2D eigenvalue weighted by molar-refractivity contribution is 0.0983. The van der Waals surface area contributed by atoms with E-state index in [4.69, 9.17) is 4.42 Å². The molecule has 1 aromatic heterocycles. The number of oxazole rings is 1. The van der Waals surface area contributed by atoms with Crippen LogP contribution in [0.1, 0.15) is 17.6 Å². The van der Waals surface area contributed by atoms with E-state index in [0.29, 0.717) is 5.58 Å². The Hall–Kier alpha value is -0.910. The van der Waals surface area contributed by atoms with E-state index >= 15 is 0 Å². The van der Waals surface area contributed by atoms with Gasteiger partial charge < -0.3 is 4.42 Å². The van der Waals surface area contributed by atoms with Gasteiger partial charge in [0, 0.05) is 10.5 Å². The summed E-state index contributed by atoms with van der Waals surface area (Å²) in [5, 5.41) is 0. The molecule has 0 unspecified atom stereocenters.